The Labute approximate surface area is 143 Å². The summed E-state index contributed by atoms with van der Waals surface area (Å²) in [5.41, 5.74) is 0.702. The largest absolute Gasteiger partial charge is 0.469 e. The van der Waals surface area contributed by atoms with E-state index in [9.17, 15) is 9.18 Å². The van der Waals surface area contributed by atoms with E-state index in [4.69, 9.17) is 0 Å². The fourth-order valence-corrected chi connectivity index (χ4v) is 2.24. The highest BCUT2D eigenvalue weighted by atomic mass is 19.1. The van der Waals surface area contributed by atoms with E-state index in [0.717, 1.165) is 24.9 Å². The van der Waals surface area contributed by atoms with E-state index in [0.29, 0.717) is 18.9 Å². The number of halogens is 1. The number of guanidine groups is 1. The predicted molar refractivity (Wildman–Crippen MR) is 94.7 cm³/mol. The molecule has 1 aromatic rings. The molecule has 0 atom stereocenters. The molecule has 0 bridgehead atoms. The number of hydrogen-bond donors (Lipinski definition) is 2. The summed E-state index contributed by atoms with van der Waals surface area (Å²) in [4.78, 5) is 15.2. The molecule has 0 spiro atoms. The number of esters is 1. The van der Waals surface area contributed by atoms with Gasteiger partial charge in [0.25, 0.3) is 0 Å². The molecular formula is C18H28FN3O2. The normalized spacial score (nSPS) is 12.0. The first-order chi connectivity index (χ1) is 11.4. The quantitative estimate of drug-likeness (QED) is 0.331. The Hall–Kier alpha value is -2.11. The number of rotatable bonds is 8. The number of nitrogens with zero attached hydrogens (tertiary/aromatic N) is 1. The van der Waals surface area contributed by atoms with Crippen LogP contribution in [-0.2, 0) is 14.9 Å². The maximum atomic E-state index is 13.4. The van der Waals surface area contributed by atoms with Crippen molar-refractivity contribution >= 4 is 11.9 Å². The molecule has 0 aliphatic rings. The average Bonchev–Trinajstić information content (AvgIpc) is 2.57. The minimum atomic E-state index is -0.232. The lowest BCUT2D eigenvalue weighted by Gasteiger charge is -2.26. The van der Waals surface area contributed by atoms with Crippen LogP contribution < -0.4 is 10.6 Å². The van der Waals surface area contributed by atoms with E-state index in [2.05, 4.69) is 34.2 Å². The van der Waals surface area contributed by atoms with Gasteiger partial charge in [0, 0.05) is 32.0 Å². The van der Waals surface area contributed by atoms with Crippen LogP contribution in [0.2, 0.25) is 0 Å². The average molecular weight is 337 g/mol. The summed E-state index contributed by atoms with van der Waals surface area (Å²) in [5, 5.41) is 6.47. The number of carbonyl (C=O) groups excluding carboxylic acids is 1. The minimum Gasteiger partial charge on any atom is -0.469 e. The lowest BCUT2D eigenvalue weighted by molar-refractivity contribution is -0.140. The molecule has 0 aromatic heterocycles. The van der Waals surface area contributed by atoms with E-state index >= 15 is 0 Å². The first kappa shape index (κ1) is 19.9. The highest BCUT2D eigenvalue weighted by Gasteiger charge is 2.21. The number of aliphatic imine (C=N–C) groups is 1. The first-order valence-electron chi connectivity index (χ1n) is 8.16. The van der Waals surface area contributed by atoms with E-state index in [1.165, 1.54) is 13.2 Å². The smallest absolute Gasteiger partial charge is 0.305 e. The summed E-state index contributed by atoms with van der Waals surface area (Å²) >= 11 is 0. The summed E-state index contributed by atoms with van der Waals surface area (Å²) in [7, 11) is 3.10. The Morgan fingerprint density at radius 3 is 2.67 bits per heavy atom. The molecule has 0 radical (unpaired) electrons. The molecule has 0 unspecified atom stereocenters. The van der Waals surface area contributed by atoms with Gasteiger partial charge in [-0.05, 0) is 30.5 Å². The van der Waals surface area contributed by atoms with Crippen LogP contribution in [0.25, 0.3) is 0 Å². The molecule has 6 heteroatoms. The van der Waals surface area contributed by atoms with Gasteiger partial charge in [0.05, 0.1) is 7.11 Å². The molecule has 0 heterocycles. The molecule has 0 saturated heterocycles. The van der Waals surface area contributed by atoms with Crippen LogP contribution in [0.4, 0.5) is 4.39 Å². The number of hydrogen-bond acceptors (Lipinski definition) is 3. The molecule has 5 nitrogen and oxygen atoms in total. The predicted octanol–water partition coefficient (Wildman–Crippen LogP) is 2.61. The van der Waals surface area contributed by atoms with E-state index in [1.54, 1.807) is 19.2 Å². The lowest BCUT2D eigenvalue weighted by atomic mass is 9.84. The monoisotopic (exact) mass is 337 g/mol. The van der Waals surface area contributed by atoms with Crippen molar-refractivity contribution < 1.29 is 13.9 Å². The van der Waals surface area contributed by atoms with Gasteiger partial charge in [0.2, 0.25) is 0 Å². The van der Waals surface area contributed by atoms with Crippen LogP contribution >= 0.6 is 0 Å². The summed E-state index contributed by atoms with van der Waals surface area (Å²) in [6.45, 7) is 5.45. The second-order valence-corrected chi connectivity index (χ2v) is 6.28. The third-order valence-electron chi connectivity index (χ3n) is 3.86. The van der Waals surface area contributed by atoms with Crippen LogP contribution in [0.1, 0.15) is 38.7 Å². The van der Waals surface area contributed by atoms with Gasteiger partial charge in [-0.1, -0.05) is 26.0 Å². The molecule has 1 aromatic carbocycles. The molecule has 0 aliphatic heterocycles. The van der Waals surface area contributed by atoms with Gasteiger partial charge in [0.1, 0.15) is 5.82 Å². The van der Waals surface area contributed by atoms with Crippen molar-refractivity contribution in [1.29, 1.82) is 0 Å². The lowest BCUT2D eigenvalue weighted by Crippen LogP contribution is -2.43. The zero-order valence-corrected chi connectivity index (χ0v) is 15.0. The van der Waals surface area contributed by atoms with Gasteiger partial charge in [-0.2, -0.15) is 0 Å². The second kappa shape index (κ2) is 9.90. The fourth-order valence-electron chi connectivity index (χ4n) is 2.24. The number of unbranched alkanes of at least 4 members (excludes halogenated alkanes) is 1. The maximum Gasteiger partial charge on any atom is 0.305 e. The Balaban J connectivity index is 2.39. The van der Waals surface area contributed by atoms with Crippen molar-refractivity contribution in [3.8, 4) is 0 Å². The van der Waals surface area contributed by atoms with Crippen molar-refractivity contribution in [3.05, 3.63) is 35.6 Å². The summed E-state index contributed by atoms with van der Waals surface area (Å²) in [6, 6.07) is 6.65. The summed E-state index contributed by atoms with van der Waals surface area (Å²) in [5.74, 6) is 0.278. The topological polar surface area (TPSA) is 62.7 Å². The van der Waals surface area contributed by atoms with Crippen LogP contribution in [-0.4, -0.2) is 39.2 Å². The minimum absolute atomic E-state index is 0.186. The third-order valence-corrected chi connectivity index (χ3v) is 3.86. The number of methoxy groups -OCH3 is 1. The number of benzene rings is 1. The summed E-state index contributed by atoms with van der Waals surface area (Å²) < 4.78 is 18.0. The summed E-state index contributed by atoms with van der Waals surface area (Å²) in [6.07, 6.45) is 2.05. The van der Waals surface area contributed by atoms with Gasteiger partial charge in [-0.15, -0.1) is 0 Å². The SMILES string of the molecule is CN=C(NCCCCC(=O)OC)NCC(C)(C)c1cccc(F)c1. The Morgan fingerprint density at radius 1 is 1.29 bits per heavy atom. The van der Waals surface area contributed by atoms with Crippen LogP contribution in [0, 0.1) is 5.82 Å². The van der Waals surface area contributed by atoms with Crippen molar-refractivity contribution in [2.45, 2.75) is 38.5 Å². The molecule has 0 amide bonds. The number of carbonyl (C=O) groups is 1. The zero-order valence-electron chi connectivity index (χ0n) is 15.0. The molecule has 2 N–H and O–H groups in total. The third kappa shape index (κ3) is 6.98. The highest BCUT2D eigenvalue weighted by Crippen LogP contribution is 2.22. The van der Waals surface area contributed by atoms with Crippen molar-refractivity contribution in [2.75, 3.05) is 27.2 Å². The Bertz CT molecular complexity index is 559. The van der Waals surface area contributed by atoms with E-state index in [1.807, 2.05) is 6.07 Å². The highest BCUT2D eigenvalue weighted by molar-refractivity contribution is 5.79. The van der Waals surface area contributed by atoms with Gasteiger partial charge in [0.15, 0.2) is 5.96 Å². The van der Waals surface area contributed by atoms with E-state index in [-0.39, 0.29) is 17.2 Å². The molecule has 0 fully saturated rings. The van der Waals surface area contributed by atoms with Crippen LogP contribution in [0.15, 0.2) is 29.3 Å². The molecule has 0 saturated carbocycles. The first-order valence-corrected chi connectivity index (χ1v) is 8.16. The zero-order chi connectivity index (χ0) is 18.0. The molecule has 134 valence electrons. The van der Waals surface area contributed by atoms with E-state index < -0.39 is 0 Å². The van der Waals surface area contributed by atoms with Crippen molar-refractivity contribution in [3.63, 3.8) is 0 Å². The Kier molecular flexibility index (Phi) is 8.22. The molecule has 24 heavy (non-hydrogen) atoms. The van der Waals surface area contributed by atoms with Gasteiger partial charge in [-0.3, -0.25) is 9.79 Å². The number of ether oxygens (including phenoxy) is 1. The van der Waals surface area contributed by atoms with Crippen LogP contribution in [0.5, 0.6) is 0 Å². The van der Waals surface area contributed by atoms with Gasteiger partial charge >= 0.3 is 5.97 Å². The van der Waals surface area contributed by atoms with Crippen molar-refractivity contribution in [2.24, 2.45) is 4.99 Å². The standard InChI is InChI=1S/C18H28FN3O2/c1-18(2,14-8-7-9-15(19)12-14)13-22-17(20-3)21-11-6-5-10-16(23)24-4/h7-9,12H,5-6,10-11,13H2,1-4H3,(H2,20,21,22). The number of nitrogens with one attached hydrogen (secondary N) is 2. The van der Waals surface area contributed by atoms with Crippen molar-refractivity contribution in [1.82, 2.24) is 10.6 Å². The fraction of sp³-hybridized carbons (Fsp3) is 0.556. The maximum absolute atomic E-state index is 13.4. The molecular weight excluding hydrogens is 309 g/mol. The van der Waals surface area contributed by atoms with Gasteiger partial charge in [-0.25, -0.2) is 4.39 Å². The second-order valence-electron chi connectivity index (χ2n) is 6.28. The molecule has 0 aliphatic carbocycles. The van der Waals surface area contributed by atoms with Crippen LogP contribution in [0.3, 0.4) is 0 Å². The van der Waals surface area contributed by atoms with Gasteiger partial charge < -0.3 is 15.4 Å². The Morgan fingerprint density at radius 2 is 2.04 bits per heavy atom. The molecule has 1 rings (SSSR count).